The molecule has 1 aliphatic carbocycles. The Kier molecular flexibility index (Phi) is 3.53. The molecule has 3 heterocycles. The van der Waals surface area contributed by atoms with Crippen molar-refractivity contribution in [2.75, 3.05) is 31.2 Å². The van der Waals surface area contributed by atoms with Gasteiger partial charge in [0.1, 0.15) is 5.65 Å². The van der Waals surface area contributed by atoms with Crippen LogP contribution >= 0.6 is 0 Å². The van der Waals surface area contributed by atoms with Crippen LogP contribution in [0.15, 0.2) is 24.4 Å². The average molecular weight is 286 g/mol. The summed E-state index contributed by atoms with van der Waals surface area (Å²) in [6.45, 7) is 4.51. The second kappa shape index (κ2) is 5.66. The van der Waals surface area contributed by atoms with Crippen molar-refractivity contribution in [2.45, 2.75) is 31.8 Å². The average Bonchev–Trinajstić information content (AvgIpc) is 3.30. The van der Waals surface area contributed by atoms with Crippen LogP contribution in [-0.4, -0.2) is 41.7 Å². The zero-order valence-electron chi connectivity index (χ0n) is 12.3. The Balaban J connectivity index is 1.68. The Morgan fingerprint density at radius 2 is 2.19 bits per heavy atom. The van der Waals surface area contributed by atoms with Crippen molar-refractivity contribution in [1.82, 2.24) is 14.7 Å². The van der Waals surface area contributed by atoms with Gasteiger partial charge in [-0.1, -0.05) is 6.07 Å². The molecule has 21 heavy (non-hydrogen) atoms. The molecule has 112 valence electrons. The summed E-state index contributed by atoms with van der Waals surface area (Å²) >= 11 is 0. The minimum absolute atomic E-state index is 0.708. The van der Waals surface area contributed by atoms with Crippen LogP contribution in [0.1, 0.15) is 25.0 Å². The van der Waals surface area contributed by atoms with E-state index >= 15 is 0 Å². The number of anilines is 1. The van der Waals surface area contributed by atoms with Gasteiger partial charge in [0.05, 0.1) is 12.3 Å². The van der Waals surface area contributed by atoms with Crippen LogP contribution < -0.4 is 10.2 Å². The number of ether oxygens (including phenoxy) is 1. The fraction of sp³-hybridized carbons (Fsp3) is 0.562. The first kappa shape index (κ1) is 13.1. The molecule has 5 nitrogen and oxygen atoms in total. The molecule has 1 N–H and O–H groups in total. The van der Waals surface area contributed by atoms with Gasteiger partial charge >= 0.3 is 0 Å². The molecule has 1 aliphatic heterocycles. The third kappa shape index (κ3) is 2.76. The lowest BCUT2D eigenvalue weighted by molar-refractivity contribution is 0.152. The van der Waals surface area contributed by atoms with Crippen LogP contribution in [0.5, 0.6) is 0 Å². The molecule has 2 fully saturated rings. The molecule has 0 aromatic carbocycles. The number of rotatable bonds is 4. The van der Waals surface area contributed by atoms with Crippen molar-refractivity contribution in [3.63, 3.8) is 0 Å². The molecular formula is C16H22N4O. The summed E-state index contributed by atoms with van der Waals surface area (Å²) in [7, 11) is 0. The summed E-state index contributed by atoms with van der Waals surface area (Å²) in [5.74, 6) is 1.12. The number of fused-ring (bicyclic) bond motifs is 1. The summed E-state index contributed by atoms with van der Waals surface area (Å²) in [4.78, 5) is 7.25. The van der Waals surface area contributed by atoms with Crippen LogP contribution in [0, 0.1) is 0 Å². The van der Waals surface area contributed by atoms with E-state index in [1.807, 2.05) is 0 Å². The number of imidazole rings is 1. The Morgan fingerprint density at radius 1 is 1.24 bits per heavy atom. The van der Waals surface area contributed by atoms with E-state index in [9.17, 15) is 0 Å². The Hall–Kier alpha value is -1.59. The van der Waals surface area contributed by atoms with E-state index in [1.54, 1.807) is 0 Å². The summed E-state index contributed by atoms with van der Waals surface area (Å²) in [6, 6.07) is 6.92. The van der Waals surface area contributed by atoms with Crippen molar-refractivity contribution < 1.29 is 4.74 Å². The van der Waals surface area contributed by atoms with E-state index in [0.29, 0.717) is 6.04 Å². The third-order valence-corrected chi connectivity index (χ3v) is 4.27. The normalized spacial score (nSPS) is 19.9. The fourth-order valence-electron chi connectivity index (χ4n) is 2.94. The molecule has 2 aromatic rings. The SMILES string of the molecule is c1ccn2c(CNC3CC3)c(N3CCCOCC3)nc2c1. The molecular weight excluding hydrogens is 264 g/mol. The number of nitrogens with one attached hydrogen (secondary N) is 1. The lowest BCUT2D eigenvalue weighted by Crippen LogP contribution is -2.28. The van der Waals surface area contributed by atoms with E-state index in [2.05, 4.69) is 39.0 Å². The lowest BCUT2D eigenvalue weighted by Gasteiger charge is -2.21. The smallest absolute Gasteiger partial charge is 0.152 e. The van der Waals surface area contributed by atoms with Crippen LogP contribution in [0.3, 0.4) is 0 Å². The predicted molar refractivity (Wildman–Crippen MR) is 82.7 cm³/mol. The summed E-state index contributed by atoms with van der Waals surface area (Å²) in [6.07, 6.45) is 5.81. The largest absolute Gasteiger partial charge is 0.380 e. The Morgan fingerprint density at radius 3 is 3.10 bits per heavy atom. The van der Waals surface area contributed by atoms with Crippen LogP contribution in [-0.2, 0) is 11.3 Å². The number of pyridine rings is 1. The molecule has 2 aromatic heterocycles. The van der Waals surface area contributed by atoms with Crippen LogP contribution in [0.4, 0.5) is 5.82 Å². The molecule has 0 radical (unpaired) electrons. The van der Waals surface area contributed by atoms with E-state index in [1.165, 1.54) is 18.5 Å². The van der Waals surface area contributed by atoms with Crippen molar-refractivity contribution in [3.05, 3.63) is 30.1 Å². The van der Waals surface area contributed by atoms with Crippen molar-refractivity contribution >= 4 is 11.5 Å². The minimum Gasteiger partial charge on any atom is -0.380 e. The first-order valence-corrected chi connectivity index (χ1v) is 7.94. The second-order valence-electron chi connectivity index (χ2n) is 5.92. The lowest BCUT2D eigenvalue weighted by atomic mass is 10.3. The molecule has 1 saturated carbocycles. The Bertz CT molecular complexity index is 612. The maximum atomic E-state index is 5.58. The first-order chi connectivity index (χ1) is 10.4. The van der Waals surface area contributed by atoms with Gasteiger partial charge in [-0.05, 0) is 31.4 Å². The predicted octanol–water partition coefficient (Wildman–Crippen LogP) is 1.81. The van der Waals surface area contributed by atoms with Crippen molar-refractivity contribution in [3.8, 4) is 0 Å². The minimum atomic E-state index is 0.708. The zero-order chi connectivity index (χ0) is 14.1. The van der Waals surface area contributed by atoms with Gasteiger partial charge in [-0.15, -0.1) is 0 Å². The van der Waals surface area contributed by atoms with Crippen molar-refractivity contribution in [1.29, 1.82) is 0 Å². The fourth-order valence-corrected chi connectivity index (χ4v) is 2.94. The maximum Gasteiger partial charge on any atom is 0.152 e. The maximum absolute atomic E-state index is 5.58. The van der Waals surface area contributed by atoms with Gasteiger partial charge in [-0.3, -0.25) is 0 Å². The van der Waals surface area contributed by atoms with Gasteiger partial charge in [-0.25, -0.2) is 4.98 Å². The van der Waals surface area contributed by atoms with Crippen molar-refractivity contribution in [2.24, 2.45) is 0 Å². The molecule has 0 spiro atoms. The van der Waals surface area contributed by atoms with Crippen LogP contribution in [0.25, 0.3) is 5.65 Å². The highest BCUT2D eigenvalue weighted by atomic mass is 16.5. The van der Waals surface area contributed by atoms with E-state index < -0.39 is 0 Å². The Labute approximate surface area is 124 Å². The highest BCUT2D eigenvalue weighted by Crippen LogP contribution is 2.25. The highest BCUT2D eigenvalue weighted by molar-refractivity contribution is 5.56. The molecule has 5 heteroatoms. The monoisotopic (exact) mass is 286 g/mol. The summed E-state index contributed by atoms with van der Waals surface area (Å²) in [5.41, 5.74) is 2.31. The summed E-state index contributed by atoms with van der Waals surface area (Å²) in [5, 5.41) is 3.63. The molecule has 0 atom stereocenters. The molecule has 4 rings (SSSR count). The van der Waals surface area contributed by atoms with Gasteiger partial charge in [0.15, 0.2) is 5.82 Å². The van der Waals surface area contributed by atoms with Gasteiger partial charge in [0.25, 0.3) is 0 Å². The summed E-state index contributed by atoms with van der Waals surface area (Å²) < 4.78 is 7.80. The quantitative estimate of drug-likeness (QED) is 0.931. The molecule has 2 aliphatic rings. The van der Waals surface area contributed by atoms with Gasteiger partial charge in [0.2, 0.25) is 0 Å². The van der Waals surface area contributed by atoms with Gasteiger partial charge in [-0.2, -0.15) is 0 Å². The molecule has 0 bridgehead atoms. The number of hydrogen-bond donors (Lipinski definition) is 1. The third-order valence-electron chi connectivity index (χ3n) is 4.27. The standard InChI is InChI=1S/C16H22N4O/c1-2-8-20-14(12-17-13-5-6-13)16(18-15(20)4-1)19-7-3-10-21-11-9-19/h1-2,4,8,13,17H,3,5-7,9-12H2. The zero-order valence-corrected chi connectivity index (χ0v) is 12.3. The number of hydrogen-bond acceptors (Lipinski definition) is 4. The van der Waals surface area contributed by atoms with Gasteiger partial charge in [0, 0.05) is 38.5 Å². The number of nitrogens with zero attached hydrogens (tertiary/aromatic N) is 3. The van der Waals surface area contributed by atoms with E-state index in [4.69, 9.17) is 9.72 Å². The highest BCUT2D eigenvalue weighted by Gasteiger charge is 2.24. The molecule has 0 unspecified atom stereocenters. The van der Waals surface area contributed by atoms with Crippen LogP contribution in [0.2, 0.25) is 0 Å². The second-order valence-corrected chi connectivity index (χ2v) is 5.92. The molecule has 1 saturated heterocycles. The molecule has 0 amide bonds. The van der Waals surface area contributed by atoms with E-state index in [-0.39, 0.29) is 0 Å². The first-order valence-electron chi connectivity index (χ1n) is 7.94. The number of aromatic nitrogens is 2. The van der Waals surface area contributed by atoms with Gasteiger partial charge < -0.3 is 19.4 Å². The van der Waals surface area contributed by atoms with E-state index in [0.717, 1.165) is 50.7 Å². The topological polar surface area (TPSA) is 41.8 Å².